The van der Waals surface area contributed by atoms with Crippen LogP contribution in [0.4, 0.5) is 0 Å². The van der Waals surface area contributed by atoms with Crippen molar-refractivity contribution in [3.8, 4) is 0 Å². The van der Waals surface area contributed by atoms with Crippen molar-refractivity contribution in [2.45, 2.75) is 13.1 Å². The molecular formula is C16H15BrN2OS2. The Morgan fingerprint density at radius 2 is 1.45 bits per heavy atom. The molecule has 0 radical (unpaired) electrons. The SMILES string of the molecule is Br.O=c1ssc(=NCc2ccccc2)n1Cc1ccccc1. The van der Waals surface area contributed by atoms with Crippen molar-refractivity contribution in [3.05, 3.63) is 86.3 Å². The number of benzene rings is 2. The van der Waals surface area contributed by atoms with Crippen LogP contribution in [0.2, 0.25) is 0 Å². The molecule has 0 spiro atoms. The summed E-state index contributed by atoms with van der Waals surface area (Å²) < 4.78 is 1.74. The van der Waals surface area contributed by atoms with Crippen molar-refractivity contribution < 1.29 is 0 Å². The normalized spacial score (nSPS) is 11.2. The van der Waals surface area contributed by atoms with Crippen LogP contribution in [-0.2, 0) is 13.1 Å². The maximum absolute atomic E-state index is 12.0. The Morgan fingerprint density at radius 1 is 0.864 bits per heavy atom. The summed E-state index contributed by atoms with van der Waals surface area (Å²) in [5, 5.41) is 0. The third kappa shape index (κ3) is 4.25. The van der Waals surface area contributed by atoms with Gasteiger partial charge in [0.1, 0.15) is 0 Å². The smallest absolute Gasteiger partial charge is 0.270 e. The summed E-state index contributed by atoms with van der Waals surface area (Å²) in [6.45, 7) is 1.18. The van der Waals surface area contributed by atoms with Gasteiger partial charge in [-0.2, -0.15) is 0 Å². The van der Waals surface area contributed by atoms with Gasteiger partial charge in [-0.1, -0.05) is 60.7 Å². The van der Waals surface area contributed by atoms with E-state index in [-0.39, 0.29) is 21.9 Å². The molecule has 0 aliphatic rings. The van der Waals surface area contributed by atoms with Gasteiger partial charge in [0.2, 0.25) is 0 Å². The van der Waals surface area contributed by atoms with Gasteiger partial charge in [-0.3, -0.25) is 14.4 Å². The second-order valence-electron chi connectivity index (χ2n) is 4.59. The molecule has 0 saturated heterocycles. The first kappa shape index (κ1) is 16.9. The molecule has 0 fully saturated rings. The topological polar surface area (TPSA) is 34.4 Å². The molecule has 1 heterocycles. The number of hydrogen-bond acceptors (Lipinski definition) is 4. The van der Waals surface area contributed by atoms with E-state index in [1.54, 1.807) is 4.57 Å². The average Bonchev–Trinajstić information content (AvgIpc) is 2.88. The Balaban J connectivity index is 0.00000176. The van der Waals surface area contributed by atoms with E-state index in [0.29, 0.717) is 13.1 Å². The summed E-state index contributed by atoms with van der Waals surface area (Å²) in [6, 6.07) is 20.1. The zero-order valence-corrected chi connectivity index (χ0v) is 15.1. The Kier molecular flexibility index (Phi) is 6.30. The molecule has 22 heavy (non-hydrogen) atoms. The third-order valence-corrected chi connectivity index (χ3v) is 5.13. The maximum Gasteiger partial charge on any atom is 0.319 e. The van der Waals surface area contributed by atoms with Crippen LogP contribution in [0.5, 0.6) is 0 Å². The monoisotopic (exact) mass is 394 g/mol. The molecule has 2 aromatic carbocycles. The molecule has 3 aromatic rings. The fourth-order valence-corrected chi connectivity index (χ4v) is 3.93. The minimum atomic E-state index is 0. The Bertz CT molecular complexity index is 822. The van der Waals surface area contributed by atoms with Crippen molar-refractivity contribution in [2.75, 3.05) is 0 Å². The lowest BCUT2D eigenvalue weighted by Crippen LogP contribution is -2.25. The van der Waals surface area contributed by atoms with Crippen molar-refractivity contribution in [1.82, 2.24) is 4.57 Å². The number of nitrogens with zero attached hydrogens (tertiary/aromatic N) is 2. The van der Waals surface area contributed by atoms with E-state index in [0.717, 1.165) is 15.9 Å². The minimum absolute atomic E-state index is 0. The molecule has 0 aliphatic carbocycles. The second kappa shape index (κ2) is 8.22. The molecule has 0 unspecified atom stereocenters. The maximum atomic E-state index is 12.0. The van der Waals surface area contributed by atoms with Crippen LogP contribution in [0.25, 0.3) is 0 Å². The van der Waals surface area contributed by atoms with Crippen LogP contribution in [0, 0.1) is 0 Å². The predicted octanol–water partition coefficient (Wildman–Crippen LogP) is 3.70. The molecule has 3 rings (SSSR count). The molecule has 0 atom stereocenters. The zero-order valence-electron chi connectivity index (χ0n) is 11.7. The number of halogens is 1. The highest BCUT2D eigenvalue weighted by Crippen LogP contribution is 2.03. The Hall–Kier alpha value is -1.50. The molecule has 0 amide bonds. The van der Waals surface area contributed by atoms with Crippen LogP contribution in [0.1, 0.15) is 11.1 Å². The molecule has 0 aliphatic heterocycles. The molecule has 6 heteroatoms. The summed E-state index contributed by atoms with van der Waals surface area (Å²) in [5.41, 5.74) is 2.26. The Morgan fingerprint density at radius 3 is 2.09 bits per heavy atom. The van der Waals surface area contributed by atoms with Gasteiger partial charge in [0.25, 0.3) is 0 Å². The summed E-state index contributed by atoms with van der Waals surface area (Å²) in [4.78, 5) is 17.4. The first-order valence-electron chi connectivity index (χ1n) is 6.61. The molecule has 3 nitrogen and oxygen atoms in total. The molecular weight excluding hydrogens is 380 g/mol. The lowest BCUT2D eigenvalue weighted by Gasteiger charge is -2.01. The van der Waals surface area contributed by atoms with Gasteiger partial charge in [-0.05, 0) is 31.8 Å². The van der Waals surface area contributed by atoms with E-state index < -0.39 is 0 Å². The number of hydrogen-bond donors (Lipinski definition) is 0. The van der Waals surface area contributed by atoms with Crippen molar-refractivity contribution in [1.29, 1.82) is 0 Å². The van der Waals surface area contributed by atoms with Crippen LogP contribution in [0.15, 0.2) is 70.5 Å². The van der Waals surface area contributed by atoms with Crippen molar-refractivity contribution in [2.24, 2.45) is 4.99 Å². The van der Waals surface area contributed by atoms with E-state index >= 15 is 0 Å². The van der Waals surface area contributed by atoms with Crippen LogP contribution >= 0.6 is 37.7 Å². The highest BCUT2D eigenvalue weighted by Gasteiger charge is 2.03. The third-order valence-electron chi connectivity index (χ3n) is 3.06. The molecule has 0 bridgehead atoms. The Labute approximate surface area is 146 Å². The molecule has 0 N–H and O–H groups in total. The fraction of sp³-hybridized carbons (Fsp3) is 0.125. The lowest BCUT2D eigenvalue weighted by atomic mass is 10.2. The average molecular weight is 395 g/mol. The number of aromatic nitrogens is 1. The van der Waals surface area contributed by atoms with Crippen LogP contribution in [-0.4, -0.2) is 4.57 Å². The zero-order chi connectivity index (χ0) is 14.5. The summed E-state index contributed by atoms with van der Waals surface area (Å²) in [5.74, 6) is 0. The highest BCUT2D eigenvalue weighted by atomic mass is 79.9. The fourth-order valence-electron chi connectivity index (χ4n) is 1.99. The van der Waals surface area contributed by atoms with E-state index in [2.05, 4.69) is 4.99 Å². The van der Waals surface area contributed by atoms with Gasteiger partial charge in [0.15, 0.2) is 4.80 Å². The summed E-state index contributed by atoms with van der Waals surface area (Å²) in [7, 11) is 2.68. The standard InChI is InChI=1S/C16H14N2OS2.BrH/c19-16-18(12-14-9-5-2-6-10-14)15(20-21-16)17-11-13-7-3-1-4-8-13;/h1-10H,11-12H2;1H. The first-order valence-corrected chi connectivity index (χ1v) is 8.76. The van der Waals surface area contributed by atoms with E-state index in [1.165, 1.54) is 20.7 Å². The van der Waals surface area contributed by atoms with Gasteiger partial charge in [-0.15, -0.1) is 17.0 Å². The van der Waals surface area contributed by atoms with Gasteiger partial charge >= 0.3 is 4.87 Å². The largest absolute Gasteiger partial charge is 0.319 e. The van der Waals surface area contributed by atoms with Gasteiger partial charge in [0, 0.05) is 0 Å². The van der Waals surface area contributed by atoms with Crippen LogP contribution < -0.4 is 9.67 Å². The van der Waals surface area contributed by atoms with E-state index in [9.17, 15) is 4.79 Å². The quantitative estimate of drug-likeness (QED) is 0.621. The van der Waals surface area contributed by atoms with Gasteiger partial charge in [0.05, 0.1) is 13.1 Å². The first-order chi connectivity index (χ1) is 10.3. The lowest BCUT2D eigenvalue weighted by molar-refractivity contribution is 0.735. The van der Waals surface area contributed by atoms with E-state index in [1.807, 2.05) is 60.7 Å². The van der Waals surface area contributed by atoms with E-state index in [4.69, 9.17) is 0 Å². The molecule has 1 aromatic heterocycles. The van der Waals surface area contributed by atoms with Crippen molar-refractivity contribution in [3.63, 3.8) is 0 Å². The summed E-state index contributed by atoms with van der Waals surface area (Å²) >= 11 is 0. The van der Waals surface area contributed by atoms with Crippen LogP contribution in [0.3, 0.4) is 0 Å². The molecule has 114 valence electrons. The van der Waals surface area contributed by atoms with Gasteiger partial charge in [-0.25, -0.2) is 0 Å². The minimum Gasteiger partial charge on any atom is -0.270 e. The highest BCUT2D eigenvalue weighted by molar-refractivity contribution is 8.93. The second-order valence-corrected chi connectivity index (χ2v) is 6.64. The number of rotatable bonds is 4. The molecule has 0 saturated carbocycles. The van der Waals surface area contributed by atoms with Crippen molar-refractivity contribution >= 4 is 37.7 Å². The summed E-state index contributed by atoms with van der Waals surface area (Å²) in [6.07, 6.45) is 0. The predicted molar refractivity (Wildman–Crippen MR) is 98.0 cm³/mol. The van der Waals surface area contributed by atoms with Gasteiger partial charge < -0.3 is 0 Å².